The van der Waals surface area contributed by atoms with Crippen molar-refractivity contribution in [3.05, 3.63) is 170 Å². The molecule has 0 heterocycles. The summed E-state index contributed by atoms with van der Waals surface area (Å²) in [4.78, 5) is 37.6. The molecule has 0 rings (SSSR count). The zero-order valence-corrected chi connectivity index (χ0v) is 65.7. The van der Waals surface area contributed by atoms with Gasteiger partial charge in [0.05, 0.1) is 40.3 Å². The molecule has 0 amide bonds. The lowest BCUT2D eigenvalue weighted by Crippen LogP contribution is -2.44. The van der Waals surface area contributed by atoms with Crippen LogP contribution in [0.4, 0.5) is 0 Å². The zero-order valence-electron chi connectivity index (χ0n) is 65.7. The monoisotopic (exact) mass is 1400 g/mol. The largest absolute Gasteiger partial charge is 0.545 e. The van der Waals surface area contributed by atoms with Gasteiger partial charge < -0.3 is 33.3 Å². The van der Waals surface area contributed by atoms with Crippen molar-refractivity contribution in [2.45, 2.75) is 347 Å². The fourth-order valence-electron chi connectivity index (χ4n) is 11.2. The molecule has 0 saturated carbocycles. The van der Waals surface area contributed by atoms with Crippen LogP contribution in [0.25, 0.3) is 0 Å². The Morgan fingerprint density at radius 1 is 0.307 bits per heavy atom. The summed E-state index contributed by atoms with van der Waals surface area (Å²) in [5.74, 6) is -2.31. The Labute approximate surface area is 622 Å². The maximum absolute atomic E-state index is 13.0. The van der Waals surface area contributed by atoms with E-state index in [2.05, 4.69) is 184 Å². The van der Waals surface area contributed by atoms with E-state index in [4.69, 9.17) is 18.9 Å². The zero-order chi connectivity index (χ0) is 73.2. The molecule has 0 aromatic heterocycles. The van der Waals surface area contributed by atoms with Crippen LogP contribution in [-0.2, 0) is 33.3 Å². The number of hydrogen-bond acceptors (Lipinski definition) is 8. The van der Waals surface area contributed by atoms with Gasteiger partial charge in [-0.05, 0) is 135 Å². The number of allylic oxidation sites excluding steroid dienone is 28. The molecule has 9 heteroatoms. The molecule has 9 nitrogen and oxygen atoms in total. The van der Waals surface area contributed by atoms with Gasteiger partial charge >= 0.3 is 11.9 Å². The number of esters is 2. The smallest absolute Gasteiger partial charge is 0.306 e. The summed E-state index contributed by atoms with van der Waals surface area (Å²) in [5, 5.41) is 11.9. The molecule has 0 aliphatic heterocycles. The van der Waals surface area contributed by atoms with Gasteiger partial charge in [-0.3, -0.25) is 9.59 Å². The number of likely N-dealkylation sites (N-methyl/N-ethyl adjacent to an activating group) is 1. The standard InChI is InChI=1S/C92H153NO8/c1-6-8-10-12-14-16-18-20-22-24-26-28-30-32-34-36-38-40-42-44-45-47-49-51-53-55-57-59-61-63-65-67-69-71-73-75-77-79-81-83-90(95)101-88(87-100-92(91(96)97)98-85-84-93(3,4)5)86-99-89(94)82-80-78-76-74-72-70-68-66-64-62-60-58-56-54-52-50-48-46-43-41-39-37-35-33-31-29-27-25-23-21-19-17-15-13-11-9-7-2/h8,10,14,16,19-22,25-28,31-34,38,40,44-45,49,51,55,57,61,63,67,69,88,92H,6-7,9,11-13,15,17-18,23-24,29-30,35-37,39,41-43,46-48,50,52-54,56,58-60,62,64-66,68,70-87H2,1-5H3/b10-8-,16-14-,21-19-,22-20-,27-25-,28-26-,33-31-,34-32-,40-38-,45-44-,51-49-,57-55-,63-61-,69-67-. The topological polar surface area (TPSA) is 111 Å². The number of unbranched alkanes of at least 4 members (excludes halogenated alkanes) is 32. The van der Waals surface area contributed by atoms with Crippen molar-refractivity contribution in [2.24, 2.45) is 0 Å². The fourth-order valence-corrected chi connectivity index (χ4v) is 11.2. The molecule has 0 bridgehead atoms. The van der Waals surface area contributed by atoms with E-state index in [0.29, 0.717) is 17.4 Å². The van der Waals surface area contributed by atoms with Gasteiger partial charge in [0.1, 0.15) is 13.2 Å². The normalized spacial score (nSPS) is 13.6. The van der Waals surface area contributed by atoms with E-state index in [1.165, 1.54) is 167 Å². The lowest BCUT2D eigenvalue weighted by Gasteiger charge is -2.26. The Balaban J connectivity index is 4.11. The first-order chi connectivity index (χ1) is 49.6. The minimum atomic E-state index is -1.64. The molecular weight excluding hydrogens is 1250 g/mol. The summed E-state index contributed by atoms with van der Waals surface area (Å²) in [6.45, 7) is 4.61. The average molecular weight is 1400 g/mol. The van der Waals surface area contributed by atoms with Crippen LogP contribution in [0.2, 0.25) is 0 Å². The van der Waals surface area contributed by atoms with Crippen molar-refractivity contribution in [2.75, 3.05) is 47.5 Å². The highest BCUT2D eigenvalue weighted by atomic mass is 16.7. The van der Waals surface area contributed by atoms with E-state index in [1.54, 1.807) is 0 Å². The van der Waals surface area contributed by atoms with Gasteiger partial charge in [-0.15, -0.1) is 0 Å². The molecule has 2 atom stereocenters. The summed E-state index contributed by atoms with van der Waals surface area (Å²) >= 11 is 0. The van der Waals surface area contributed by atoms with Crippen LogP contribution >= 0.6 is 0 Å². The predicted octanol–water partition coefficient (Wildman–Crippen LogP) is 25.6. The quantitative estimate of drug-likeness (QED) is 0.0195. The lowest BCUT2D eigenvalue weighted by atomic mass is 10.0. The van der Waals surface area contributed by atoms with Gasteiger partial charge in [0, 0.05) is 12.8 Å². The molecule has 101 heavy (non-hydrogen) atoms. The second kappa shape index (κ2) is 80.3. The van der Waals surface area contributed by atoms with Crippen LogP contribution in [-0.4, -0.2) is 82.3 Å². The number of quaternary nitrogens is 1. The lowest BCUT2D eigenvalue weighted by molar-refractivity contribution is -0.870. The predicted molar refractivity (Wildman–Crippen MR) is 435 cm³/mol. The van der Waals surface area contributed by atoms with Gasteiger partial charge in [-0.25, -0.2) is 0 Å². The molecule has 574 valence electrons. The Hall–Kier alpha value is -5.35. The average Bonchev–Trinajstić information content (AvgIpc) is 1.21. The van der Waals surface area contributed by atoms with Crippen molar-refractivity contribution in [1.29, 1.82) is 0 Å². The van der Waals surface area contributed by atoms with Crippen LogP contribution in [0.3, 0.4) is 0 Å². The Bertz CT molecular complexity index is 2280. The highest BCUT2D eigenvalue weighted by Crippen LogP contribution is 2.18. The number of carboxylic acids is 1. The van der Waals surface area contributed by atoms with Gasteiger partial charge in [-0.1, -0.05) is 357 Å². The molecule has 0 spiro atoms. The van der Waals surface area contributed by atoms with Gasteiger partial charge in [0.2, 0.25) is 0 Å². The van der Waals surface area contributed by atoms with Crippen LogP contribution in [0.1, 0.15) is 335 Å². The number of carbonyl (C=O) groups excluding carboxylic acids is 3. The number of aliphatic carboxylic acids is 1. The molecule has 2 unspecified atom stereocenters. The molecular formula is C92H153NO8. The van der Waals surface area contributed by atoms with Crippen molar-refractivity contribution in [3.8, 4) is 0 Å². The second-order valence-electron chi connectivity index (χ2n) is 28.3. The van der Waals surface area contributed by atoms with Crippen LogP contribution in [0.15, 0.2) is 170 Å². The molecule has 0 aliphatic carbocycles. The van der Waals surface area contributed by atoms with Crippen molar-refractivity contribution in [3.63, 3.8) is 0 Å². The van der Waals surface area contributed by atoms with Crippen molar-refractivity contribution in [1.82, 2.24) is 0 Å². The summed E-state index contributed by atoms with van der Waals surface area (Å²) in [7, 11) is 5.92. The molecule has 0 aromatic carbocycles. The van der Waals surface area contributed by atoms with Crippen molar-refractivity contribution < 1.29 is 42.9 Å². The molecule has 0 fully saturated rings. The van der Waals surface area contributed by atoms with Crippen LogP contribution < -0.4 is 5.11 Å². The SMILES string of the molecule is CC/C=C\C/C=C\C/C=C\C/C=C\C/C=C\C/C=C\C/C=C\C/C=C\C/C=C\C/C=C\C/C=C\CCCCCCCC(=O)OC(COC(=O)CCCCCCCCCCCCCCCCCCCCCCCC/C=C\C/C=C\C/C=C\CCCCCCC)COC(OCC[N+](C)(C)C)C(=O)[O-]. The number of carbonyl (C=O) groups is 3. The van der Waals surface area contributed by atoms with E-state index in [-0.39, 0.29) is 38.6 Å². The highest BCUT2D eigenvalue weighted by molar-refractivity contribution is 5.70. The molecule has 0 N–H and O–H groups in total. The number of ether oxygens (including phenoxy) is 4. The fraction of sp³-hybridized carbons (Fsp3) is 0.663. The molecule has 0 saturated heterocycles. The maximum atomic E-state index is 13.0. The minimum Gasteiger partial charge on any atom is -0.545 e. The molecule has 0 radical (unpaired) electrons. The number of hydrogen-bond donors (Lipinski definition) is 0. The minimum absolute atomic E-state index is 0.137. The van der Waals surface area contributed by atoms with Gasteiger partial charge in [0.25, 0.3) is 0 Å². The molecule has 0 aromatic rings. The van der Waals surface area contributed by atoms with E-state index in [9.17, 15) is 19.5 Å². The van der Waals surface area contributed by atoms with E-state index in [1.807, 2.05) is 21.1 Å². The first kappa shape index (κ1) is 95.6. The molecule has 0 aliphatic rings. The van der Waals surface area contributed by atoms with E-state index < -0.39 is 24.3 Å². The number of carboxylic acid groups (broad SMARTS) is 1. The van der Waals surface area contributed by atoms with Gasteiger partial charge in [-0.2, -0.15) is 0 Å². The first-order valence-electron chi connectivity index (χ1n) is 41.3. The van der Waals surface area contributed by atoms with E-state index in [0.717, 1.165) is 135 Å². The van der Waals surface area contributed by atoms with Gasteiger partial charge in [0.15, 0.2) is 12.4 Å². The third-order valence-electron chi connectivity index (χ3n) is 17.4. The summed E-state index contributed by atoms with van der Waals surface area (Å²) < 4.78 is 22.8. The Kier molecular flexibility index (Phi) is 76.1. The number of nitrogens with zero attached hydrogens (tertiary/aromatic N) is 1. The Morgan fingerprint density at radius 3 is 0.842 bits per heavy atom. The summed E-state index contributed by atoms with van der Waals surface area (Å²) in [6, 6.07) is 0. The van der Waals surface area contributed by atoms with Crippen LogP contribution in [0, 0.1) is 0 Å². The highest BCUT2D eigenvalue weighted by Gasteiger charge is 2.22. The third kappa shape index (κ3) is 81.8. The number of rotatable bonds is 75. The summed E-state index contributed by atoms with van der Waals surface area (Å²) in [5.41, 5.74) is 0. The van der Waals surface area contributed by atoms with Crippen LogP contribution in [0.5, 0.6) is 0 Å². The second-order valence-corrected chi connectivity index (χ2v) is 28.3. The van der Waals surface area contributed by atoms with E-state index >= 15 is 0 Å². The van der Waals surface area contributed by atoms with Crippen molar-refractivity contribution >= 4 is 17.9 Å². The summed E-state index contributed by atoms with van der Waals surface area (Å²) in [6.07, 6.45) is 118. The first-order valence-corrected chi connectivity index (χ1v) is 41.3. The third-order valence-corrected chi connectivity index (χ3v) is 17.4. The Morgan fingerprint density at radius 2 is 0.564 bits per heavy atom. The maximum Gasteiger partial charge on any atom is 0.306 e.